The van der Waals surface area contributed by atoms with Crippen molar-refractivity contribution in [2.24, 2.45) is 0 Å². The van der Waals surface area contributed by atoms with Crippen molar-refractivity contribution in [1.82, 2.24) is 5.32 Å². The number of benzene rings is 3. The predicted octanol–water partition coefficient (Wildman–Crippen LogP) is 5.69. The Morgan fingerprint density at radius 3 is 2.30 bits per heavy atom. The number of phenolic OH excluding ortho intramolecular Hbond substituents is 1. The third-order valence-corrected chi connectivity index (χ3v) is 6.84. The zero-order valence-corrected chi connectivity index (χ0v) is 22.5. The van der Waals surface area contributed by atoms with Gasteiger partial charge in [0.25, 0.3) is 0 Å². The molecule has 8 heteroatoms. The van der Waals surface area contributed by atoms with E-state index < -0.39 is 12.1 Å². The predicted molar refractivity (Wildman–Crippen MR) is 145 cm³/mol. The molecule has 0 unspecified atom stereocenters. The number of alkyl carbamates (subject to hydrolysis) is 1. The van der Waals surface area contributed by atoms with Crippen molar-refractivity contribution in [3.8, 4) is 5.75 Å². The van der Waals surface area contributed by atoms with Gasteiger partial charge in [0.2, 0.25) is 5.91 Å². The van der Waals surface area contributed by atoms with Crippen LogP contribution in [0.1, 0.15) is 22.3 Å². The van der Waals surface area contributed by atoms with Gasteiger partial charge < -0.3 is 20.5 Å². The standard InChI is InChI=1S/C25H24I2N2O4/c1-15-7-6-10-21(16(15)2)28-24(31)22(13-18-11-19(26)23(30)20(27)12-18)29-25(32)33-14-17-8-4-3-5-9-17/h3-12,22,30H,13-14H2,1-2H3,(H,28,31)(H,29,32)/t22-/m0/s1. The van der Waals surface area contributed by atoms with Gasteiger partial charge in [-0.2, -0.15) is 0 Å². The van der Waals surface area contributed by atoms with Crippen molar-refractivity contribution in [2.45, 2.75) is 32.9 Å². The molecule has 0 bridgehead atoms. The molecule has 3 aromatic carbocycles. The molecule has 33 heavy (non-hydrogen) atoms. The summed E-state index contributed by atoms with van der Waals surface area (Å²) >= 11 is 4.09. The second kappa shape index (κ2) is 11.7. The summed E-state index contributed by atoms with van der Waals surface area (Å²) < 4.78 is 6.68. The second-order valence-corrected chi connectivity index (χ2v) is 9.93. The molecule has 0 fully saturated rings. The lowest BCUT2D eigenvalue weighted by Gasteiger charge is -2.20. The highest BCUT2D eigenvalue weighted by Crippen LogP contribution is 2.28. The number of phenols is 1. The summed E-state index contributed by atoms with van der Waals surface area (Å²) in [6, 6.07) is 17.7. The van der Waals surface area contributed by atoms with Crippen LogP contribution in [-0.4, -0.2) is 23.1 Å². The van der Waals surface area contributed by atoms with Crippen LogP contribution in [0.3, 0.4) is 0 Å². The lowest BCUT2D eigenvalue weighted by Crippen LogP contribution is -2.45. The fourth-order valence-electron chi connectivity index (χ4n) is 3.19. The second-order valence-electron chi connectivity index (χ2n) is 7.61. The first-order valence-electron chi connectivity index (χ1n) is 10.3. The summed E-state index contributed by atoms with van der Waals surface area (Å²) in [5.41, 5.74) is 4.38. The summed E-state index contributed by atoms with van der Waals surface area (Å²) in [5.74, 6) is -0.148. The largest absolute Gasteiger partial charge is 0.506 e. The maximum absolute atomic E-state index is 13.2. The summed E-state index contributed by atoms with van der Waals surface area (Å²) in [7, 11) is 0. The van der Waals surface area contributed by atoms with Crippen molar-refractivity contribution in [2.75, 3.05) is 5.32 Å². The molecule has 1 atom stereocenters. The molecule has 6 nitrogen and oxygen atoms in total. The maximum atomic E-state index is 13.2. The van der Waals surface area contributed by atoms with Crippen LogP contribution >= 0.6 is 45.2 Å². The van der Waals surface area contributed by atoms with E-state index in [9.17, 15) is 14.7 Å². The summed E-state index contributed by atoms with van der Waals surface area (Å²) in [6.07, 6.45) is -0.438. The molecule has 0 aliphatic rings. The van der Waals surface area contributed by atoms with Crippen LogP contribution in [0, 0.1) is 21.0 Å². The van der Waals surface area contributed by atoms with Gasteiger partial charge in [0.05, 0.1) is 7.14 Å². The van der Waals surface area contributed by atoms with Crippen LogP contribution in [0.25, 0.3) is 0 Å². The molecule has 3 N–H and O–H groups in total. The Balaban J connectivity index is 1.78. The highest BCUT2D eigenvalue weighted by molar-refractivity contribution is 14.1. The van der Waals surface area contributed by atoms with Crippen molar-refractivity contribution in [3.63, 3.8) is 0 Å². The number of amides is 2. The van der Waals surface area contributed by atoms with Crippen molar-refractivity contribution in [3.05, 3.63) is 90.1 Å². The number of nitrogens with one attached hydrogen (secondary N) is 2. The Kier molecular flexibility index (Phi) is 8.95. The minimum atomic E-state index is -0.871. The molecule has 0 saturated heterocycles. The normalized spacial score (nSPS) is 11.5. The smallest absolute Gasteiger partial charge is 0.408 e. The monoisotopic (exact) mass is 670 g/mol. The molecule has 2 amide bonds. The lowest BCUT2D eigenvalue weighted by atomic mass is 10.0. The molecule has 0 spiro atoms. The number of hydrogen-bond donors (Lipinski definition) is 3. The Bertz CT molecular complexity index is 1130. The lowest BCUT2D eigenvalue weighted by molar-refractivity contribution is -0.118. The highest BCUT2D eigenvalue weighted by atomic mass is 127. The molecule has 3 rings (SSSR count). The van der Waals surface area contributed by atoms with Crippen LogP contribution in [0.2, 0.25) is 0 Å². The van der Waals surface area contributed by atoms with Gasteiger partial charge in [-0.1, -0.05) is 42.5 Å². The summed E-state index contributed by atoms with van der Waals surface area (Å²) in [6.45, 7) is 4.02. The van der Waals surface area contributed by atoms with Gasteiger partial charge >= 0.3 is 6.09 Å². The van der Waals surface area contributed by atoms with E-state index in [0.717, 1.165) is 22.3 Å². The average molecular weight is 670 g/mol. The van der Waals surface area contributed by atoms with Crippen LogP contribution in [0.5, 0.6) is 5.75 Å². The van der Waals surface area contributed by atoms with Gasteiger partial charge in [-0.05, 0) is 99.5 Å². The zero-order valence-electron chi connectivity index (χ0n) is 18.2. The first kappa shape index (κ1) is 25.3. The van der Waals surface area contributed by atoms with Gasteiger partial charge in [-0.3, -0.25) is 4.79 Å². The summed E-state index contributed by atoms with van der Waals surface area (Å²) in [4.78, 5) is 25.7. The Hall–Kier alpha value is -2.34. The Labute approximate surface area is 220 Å². The molecule has 0 radical (unpaired) electrons. The number of aromatic hydroxyl groups is 1. The van der Waals surface area contributed by atoms with Crippen molar-refractivity contribution in [1.29, 1.82) is 0 Å². The number of carbonyl (C=O) groups excluding carboxylic acids is 2. The maximum Gasteiger partial charge on any atom is 0.408 e. The van der Waals surface area contributed by atoms with E-state index in [4.69, 9.17) is 4.74 Å². The minimum Gasteiger partial charge on any atom is -0.506 e. The molecule has 0 heterocycles. The quantitative estimate of drug-likeness (QED) is 0.282. The van der Waals surface area contributed by atoms with E-state index in [0.29, 0.717) is 12.8 Å². The number of halogens is 2. The number of aryl methyl sites for hydroxylation is 1. The number of hydrogen-bond acceptors (Lipinski definition) is 4. The van der Waals surface area contributed by atoms with Crippen molar-refractivity contribution >= 4 is 62.9 Å². The molecule has 0 aliphatic carbocycles. The van der Waals surface area contributed by atoms with Crippen molar-refractivity contribution < 1.29 is 19.4 Å². The van der Waals surface area contributed by atoms with Gasteiger partial charge in [-0.25, -0.2) is 4.79 Å². The SMILES string of the molecule is Cc1cccc(NC(=O)[C@H](Cc2cc(I)c(O)c(I)c2)NC(=O)OCc2ccccc2)c1C. The van der Waals surface area contributed by atoms with Gasteiger partial charge in [-0.15, -0.1) is 0 Å². The Morgan fingerprint density at radius 1 is 0.970 bits per heavy atom. The third-order valence-electron chi connectivity index (χ3n) is 5.20. The molecule has 0 aromatic heterocycles. The van der Waals surface area contributed by atoms with Crippen LogP contribution in [0.4, 0.5) is 10.5 Å². The number of carbonyl (C=O) groups is 2. The molecular weight excluding hydrogens is 646 g/mol. The molecular formula is C25H24I2N2O4. The van der Waals surface area contributed by atoms with Gasteiger partial charge in [0, 0.05) is 12.1 Å². The topological polar surface area (TPSA) is 87.7 Å². The van der Waals surface area contributed by atoms with Crippen LogP contribution in [0.15, 0.2) is 60.7 Å². The van der Waals surface area contributed by atoms with Crippen LogP contribution in [-0.2, 0) is 22.6 Å². The van der Waals surface area contributed by atoms with E-state index in [1.807, 2.05) is 108 Å². The highest BCUT2D eigenvalue weighted by Gasteiger charge is 2.24. The van der Waals surface area contributed by atoms with Gasteiger partial charge in [0.15, 0.2) is 0 Å². The Morgan fingerprint density at radius 2 is 1.64 bits per heavy atom. The van der Waals surface area contributed by atoms with Gasteiger partial charge in [0.1, 0.15) is 18.4 Å². The van der Waals surface area contributed by atoms with E-state index >= 15 is 0 Å². The number of rotatable bonds is 7. The third kappa shape index (κ3) is 7.07. The average Bonchev–Trinajstić information content (AvgIpc) is 2.79. The zero-order chi connectivity index (χ0) is 24.0. The number of ether oxygens (including phenoxy) is 1. The molecule has 0 saturated carbocycles. The minimum absolute atomic E-state index is 0.104. The molecule has 0 aliphatic heterocycles. The van der Waals surface area contributed by atoms with E-state index in [1.54, 1.807) is 12.1 Å². The van der Waals surface area contributed by atoms with Crippen LogP contribution < -0.4 is 10.6 Å². The van der Waals surface area contributed by atoms with E-state index in [-0.39, 0.29) is 24.7 Å². The molecule has 3 aromatic rings. The van der Waals surface area contributed by atoms with E-state index in [1.165, 1.54) is 0 Å². The molecule has 172 valence electrons. The van der Waals surface area contributed by atoms with E-state index in [2.05, 4.69) is 10.6 Å². The fourth-order valence-corrected chi connectivity index (χ4v) is 5.09. The fraction of sp³-hybridized carbons (Fsp3) is 0.200. The number of anilines is 1. The first-order valence-corrected chi connectivity index (χ1v) is 12.4. The summed E-state index contributed by atoms with van der Waals surface area (Å²) in [5, 5.41) is 15.7. The first-order chi connectivity index (χ1) is 15.7.